The van der Waals surface area contributed by atoms with Gasteiger partial charge in [0.2, 0.25) is 17.6 Å². The van der Waals surface area contributed by atoms with E-state index in [-0.39, 0.29) is 12.4 Å². The van der Waals surface area contributed by atoms with Gasteiger partial charge in [-0.1, -0.05) is 0 Å². The number of carbonyl (C=O) groups excluding carboxylic acids is 1. The van der Waals surface area contributed by atoms with E-state index in [1.165, 1.54) is 0 Å². The number of carboxylic acid groups (broad SMARTS) is 1. The van der Waals surface area contributed by atoms with E-state index >= 15 is 0 Å². The van der Waals surface area contributed by atoms with Crippen LogP contribution in [-0.4, -0.2) is 70.6 Å². The minimum Gasteiger partial charge on any atom is -0.483 e. The SMILES string of the molecule is COc1ccnc(N2CCCN(C(=O)c3oc(C)nc3C)CC2)n1.O=CO. The van der Waals surface area contributed by atoms with E-state index in [0.717, 1.165) is 13.0 Å². The van der Waals surface area contributed by atoms with Gasteiger partial charge in [-0.2, -0.15) is 4.98 Å². The third-order valence-electron chi connectivity index (χ3n) is 3.99. The Hall–Kier alpha value is -3.17. The Bertz CT molecular complexity index is 779. The maximum atomic E-state index is 12.7. The second-order valence-corrected chi connectivity index (χ2v) is 5.78. The van der Waals surface area contributed by atoms with Gasteiger partial charge in [-0.15, -0.1) is 0 Å². The van der Waals surface area contributed by atoms with Crippen molar-refractivity contribution in [1.29, 1.82) is 0 Å². The van der Waals surface area contributed by atoms with Crippen molar-refractivity contribution in [1.82, 2.24) is 19.9 Å². The lowest BCUT2D eigenvalue weighted by Gasteiger charge is -2.21. The molecule has 3 rings (SSSR count). The highest BCUT2D eigenvalue weighted by Crippen LogP contribution is 2.17. The number of aryl methyl sites for hydroxylation is 2. The van der Waals surface area contributed by atoms with Crippen LogP contribution in [0, 0.1) is 13.8 Å². The standard InChI is InChI=1S/C16H21N5O3.CH2O2/c1-11-14(24-12(2)18-11)15(22)20-7-4-8-21(10-9-20)16-17-6-5-13(19-16)23-3;2-1-3/h5-6H,4,7-10H2,1-3H3;1H,(H,2,3). The number of ether oxygens (including phenoxy) is 1. The first-order valence-corrected chi connectivity index (χ1v) is 8.43. The molecule has 2 aromatic rings. The van der Waals surface area contributed by atoms with Crippen LogP contribution in [0.4, 0.5) is 5.95 Å². The van der Waals surface area contributed by atoms with Crippen LogP contribution in [0.3, 0.4) is 0 Å². The van der Waals surface area contributed by atoms with E-state index in [0.29, 0.717) is 48.8 Å². The lowest BCUT2D eigenvalue weighted by atomic mass is 10.3. The van der Waals surface area contributed by atoms with Gasteiger partial charge in [0.25, 0.3) is 12.4 Å². The van der Waals surface area contributed by atoms with Crippen molar-refractivity contribution >= 4 is 18.3 Å². The van der Waals surface area contributed by atoms with E-state index in [1.54, 1.807) is 38.1 Å². The minimum atomic E-state index is -0.250. The van der Waals surface area contributed by atoms with Gasteiger partial charge in [0, 0.05) is 45.4 Å². The molecule has 27 heavy (non-hydrogen) atoms. The average Bonchev–Trinajstić information content (AvgIpc) is 2.86. The minimum absolute atomic E-state index is 0.110. The summed E-state index contributed by atoms with van der Waals surface area (Å²) in [5.74, 6) is 1.89. The number of hydrogen-bond donors (Lipinski definition) is 1. The molecule has 1 N–H and O–H groups in total. The summed E-state index contributed by atoms with van der Waals surface area (Å²) in [6, 6.07) is 1.71. The summed E-state index contributed by atoms with van der Waals surface area (Å²) in [7, 11) is 1.58. The smallest absolute Gasteiger partial charge is 0.291 e. The molecule has 1 saturated heterocycles. The fourth-order valence-electron chi connectivity index (χ4n) is 2.79. The lowest BCUT2D eigenvalue weighted by Crippen LogP contribution is -2.35. The number of anilines is 1. The van der Waals surface area contributed by atoms with E-state index in [4.69, 9.17) is 19.1 Å². The van der Waals surface area contributed by atoms with Gasteiger partial charge >= 0.3 is 0 Å². The zero-order chi connectivity index (χ0) is 19.8. The summed E-state index contributed by atoms with van der Waals surface area (Å²) in [5.41, 5.74) is 0.634. The average molecular weight is 377 g/mol. The van der Waals surface area contributed by atoms with Gasteiger partial charge in [0.1, 0.15) is 0 Å². The number of aromatic nitrogens is 3. The predicted molar refractivity (Wildman–Crippen MR) is 96.0 cm³/mol. The lowest BCUT2D eigenvalue weighted by molar-refractivity contribution is -0.122. The number of carbonyl (C=O) groups is 2. The molecule has 0 bridgehead atoms. The van der Waals surface area contributed by atoms with Crippen molar-refractivity contribution < 1.29 is 23.8 Å². The molecule has 0 saturated carbocycles. The zero-order valence-corrected chi connectivity index (χ0v) is 15.6. The van der Waals surface area contributed by atoms with Crippen LogP contribution in [0.1, 0.15) is 28.6 Å². The molecule has 10 heteroatoms. The van der Waals surface area contributed by atoms with Crippen molar-refractivity contribution in [2.45, 2.75) is 20.3 Å². The predicted octanol–water partition coefficient (Wildman–Crippen LogP) is 1.14. The largest absolute Gasteiger partial charge is 0.483 e. The molecule has 1 fully saturated rings. The van der Waals surface area contributed by atoms with Gasteiger partial charge in [0.15, 0.2) is 5.89 Å². The number of rotatable bonds is 3. The second-order valence-electron chi connectivity index (χ2n) is 5.78. The van der Waals surface area contributed by atoms with Crippen LogP contribution in [-0.2, 0) is 4.79 Å². The van der Waals surface area contributed by atoms with E-state index < -0.39 is 0 Å². The summed E-state index contributed by atoms with van der Waals surface area (Å²) in [6.07, 6.45) is 2.51. The third-order valence-corrected chi connectivity index (χ3v) is 3.99. The van der Waals surface area contributed by atoms with Crippen LogP contribution in [0.15, 0.2) is 16.7 Å². The Morgan fingerprint density at radius 2 is 2.00 bits per heavy atom. The molecule has 0 aliphatic carbocycles. The highest BCUT2D eigenvalue weighted by molar-refractivity contribution is 5.92. The van der Waals surface area contributed by atoms with Crippen molar-refractivity contribution in [3.8, 4) is 5.88 Å². The molecule has 3 heterocycles. The van der Waals surface area contributed by atoms with Crippen LogP contribution < -0.4 is 9.64 Å². The summed E-state index contributed by atoms with van der Waals surface area (Å²) < 4.78 is 10.6. The van der Waals surface area contributed by atoms with Crippen molar-refractivity contribution in [2.24, 2.45) is 0 Å². The second kappa shape index (κ2) is 9.51. The molecule has 1 aliphatic rings. The highest BCUT2D eigenvalue weighted by Gasteiger charge is 2.25. The maximum absolute atomic E-state index is 12.7. The zero-order valence-electron chi connectivity index (χ0n) is 15.6. The molecular formula is C17H23N5O5. The first-order chi connectivity index (χ1) is 13.0. The molecule has 0 atom stereocenters. The van der Waals surface area contributed by atoms with Gasteiger partial charge < -0.3 is 24.1 Å². The molecule has 1 aliphatic heterocycles. The summed E-state index contributed by atoms with van der Waals surface area (Å²) in [4.78, 5) is 37.7. The van der Waals surface area contributed by atoms with Crippen molar-refractivity contribution in [3.05, 3.63) is 29.6 Å². The van der Waals surface area contributed by atoms with Gasteiger partial charge in [-0.25, -0.2) is 9.97 Å². The molecule has 0 aromatic carbocycles. The Morgan fingerprint density at radius 3 is 2.63 bits per heavy atom. The van der Waals surface area contributed by atoms with Crippen LogP contribution in [0.5, 0.6) is 5.88 Å². The fourth-order valence-corrected chi connectivity index (χ4v) is 2.79. The Balaban J connectivity index is 0.000000817. The molecule has 0 radical (unpaired) electrons. The van der Waals surface area contributed by atoms with E-state index in [1.807, 2.05) is 0 Å². The van der Waals surface area contributed by atoms with Crippen molar-refractivity contribution in [3.63, 3.8) is 0 Å². The molecule has 10 nitrogen and oxygen atoms in total. The normalized spacial score (nSPS) is 14.0. The summed E-state index contributed by atoms with van der Waals surface area (Å²) in [5, 5.41) is 6.89. The van der Waals surface area contributed by atoms with Crippen LogP contribution in [0.25, 0.3) is 0 Å². The van der Waals surface area contributed by atoms with Gasteiger partial charge in [-0.05, 0) is 13.3 Å². The molecule has 0 unspecified atom stereocenters. The Kier molecular flexibility index (Phi) is 7.09. The third kappa shape index (κ3) is 5.16. The van der Waals surface area contributed by atoms with Gasteiger partial charge in [0.05, 0.1) is 12.8 Å². The maximum Gasteiger partial charge on any atom is 0.291 e. The monoisotopic (exact) mass is 377 g/mol. The Morgan fingerprint density at radius 1 is 1.26 bits per heavy atom. The first-order valence-electron chi connectivity index (χ1n) is 8.43. The first kappa shape index (κ1) is 20.1. The summed E-state index contributed by atoms with van der Waals surface area (Å²) >= 11 is 0. The fraction of sp³-hybridized carbons (Fsp3) is 0.471. The van der Waals surface area contributed by atoms with Gasteiger partial charge in [-0.3, -0.25) is 9.59 Å². The molecule has 146 valence electrons. The van der Waals surface area contributed by atoms with E-state index in [9.17, 15) is 4.79 Å². The number of nitrogens with zero attached hydrogens (tertiary/aromatic N) is 5. The highest BCUT2D eigenvalue weighted by atomic mass is 16.5. The summed E-state index contributed by atoms with van der Waals surface area (Å²) in [6.45, 7) is 5.97. The number of amides is 1. The van der Waals surface area contributed by atoms with E-state index in [2.05, 4.69) is 19.9 Å². The quantitative estimate of drug-likeness (QED) is 0.785. The Labute approximate surface area is 156 Å². The number of hydrogen-bond acceptors (Lipinski definition) is 8. The molecular weight excluding hydrogens is 354 g/mol. The van der Waals surface area contributed by atoms with Crippen LogP contribution in [0.2, 0.25) is 0 Å². The van der Waals surface area contributed by atoms with Crippen LogP contribution >= 0.6 is 0 Å². The molecule has 2 aromatic heterocycles. The number of oxazole rings is 1. The molecule has 1 amide bonds. The molecule has 0 spiro atoms. The van der Waals surface area contributed by atoms with Crippen molar-refractivity contribution in [2.75, 3.05) is 38.2 Å². The number of methoxy groups -OCH3 is 1. The topological polar surface area (TPSA) is 122 Å².